The van der Waals surface area contributed by atoms with Gasteiger partial charge in [0, 0.05) is 23.6 Å². The molecule has 1 atom stereocenters. The summed E-state index contributed by atoms with van der Waals surface area (Å²) in [7, 11) is -2.71. The first-order valence-electron chi connectivity index (χ1n) is 11.5. The zero-order valence-electron chi connectivity index (χ0n) is 21.0. The molecule has 0 heterocycles. The predicted octanol–water partition coefficient (Wildman–Crippen LogP) is 4.97. The fourth-order valence-corrected chi connectivity index (χ4v) is 5.76. The standard InChI is InChI=1S/C27H29Cl2N3O4S/c1-18-8-10-25(11-9-18)37(35,36)32(24-14-22(28)13-23(29)15-24)17-26(33)31(20(3)27(34)30-4)16-21-7-5-6-19(2)12-21/h5-15,20H,16-17H2,1-4H3,(H,30,34)/t20-/m0/s1. The quantitative estimate of drug-likeness (QED) is 0.399. The van der Waals surface area contributed by atoms with Crippen LogP contribution in [0.5, 0.6) is 0 Å². The second-order valence-electron chi connectivity index (χ2n) is 8.75. The van der Waals surface area contributed by atoms with Crippen LogP contribution in [0.3, 0.4) is 0 Å². The van der Waals surface area contributed by atoms with E-state index in [2.05, 4.69) is 5.32 Å². The highest BCUT2D eigenvalue weighted by molar-refractivity contribution is 7.92. The van der Waals surface area contributed by atoms with Gasteiger partial charge in [-0.3, -0.25) is 13.9 Å². The number of rotatable bonds is 9. The van der Waals surface area contributed by atoms with Crippen LogP contribution in [-0.4, -0.2) is 44.8 Å². The van der Waals surface area contributed by atoms with Crippen LogP contribution in [0.25, 0.3) is 0 Å². The number of nitrogens with zero attached hydrogens (tertiary/aromatic N) is 2. The third-order valence-electron chi connectivity index (χ3n) is 5.87. The Labute approximate surface area is 228 Å². The summed E-state index contributed by atoms with van der Waals surface area (Å²) in [5.41, 5.74) is 2.82. The number of halogens is 2. The summed E-state index contributed by atoms with van der Waals surface area (Å²) in [5, 5.41) is 2.99. The summed E-state index contributed by atoms with van der Waals surface area (Å²) < 4.78 is 28.5. The monoisotopic (exact) mass is 561 g/mol. The number of anilines is 1. The van der Waals surface area contributed by atoms with Gasteiger partial charge in [-0.05, 0) is 56.7 Å². The lowest BCUT2D eigenvalue weighted by Gasteiger charge is -2.32. The lowest BCUT2D eigenvalue weighted by molar-refractivity contribution is -0.139. The van der Waals surface area contributed by atoms with Gasteiger partial charge in [0.25, 0.3) is 10.0 Å². The SMILES string of the molecule is CNC(=O)[C@H](C)N(Cc1cccc(C)c1)C(=O)CN(c1cc(Cl)cc(Cl)c1)S(=O)(=O)c1ccc(C)cc1. The third-order valence-corrected chi connectivity index (χ3v) is 8.10. The van der Waals surface area contributed by atoms with E-state index in [-0.39, 0.29) is 33.1 Å². The van der Waals surface area contributed by atoms with Crippen LogP contribution in [-0.2, 0) is 26.2 Å². The van der Waals surface area contributed by atoms with E-state index >= 15 is 0 Å². The number of aryl methyl sites for hydroxylation is 2. The van der Waals surface area contributed by atoms with Crippen molar-refractivity contribution in [2.24, 2.45) is 0 Å². The van der Waals surface area contributed by atoms with E-state index in [1.54, 1.807) is 19.1 Å². The molecule has 0 aliphatic carbocycles. The minimum Gasteiger partial charge on any atom is -0.357 e. The van der Waals surface area contributed by atoms with Crippen molar-refractivity contribution in [1.82, 2.24) is 10.2 Å². The Bertz CT molecular complexity index is 1370. The van der Waals surface area contributed by atoms with Crippen LogP contribution >= 0.6 is 23.2 Å². The number of likely N-dealkylation sites (N-methyl/N-ethyl adjacent to an activating group) is 1. The highest BCUT2D eigenvalue weighted by Gasteiger charge is 2.32. The van der Waals surface area contributed by atoms with E-state index in [0.29, 0.717) is 0 Å². The summed E-state index contributed by atoms with van der Waals surface area (Å²) in [5.74, 6) is -0.941. The molecular weight excluding hydrogens is 533 g/mol. The van der Waals surface area contributed by atoms with Gasteiger partial charge in [-0.25, -0.2) is 8.42 Å². The Balaban J connectivity index is 2.07. The molecule has 0 aliphatic heterocycles. The first-order chi connectivity index (χ1) is 17.4. The van der Waals surface area contributed by atoms with Crippen LogP contribution < -0.4 is 9.62 Å². The van der Waals surface area contributed by atoms with Crippen molar-refractivity contribution >= 4 is 50.7 Å². The molecule has 1 N–H and O–H groups in total. The Morgan fingerprint density at radius 3 is 2.11 bits per heavy atom. The van der Waals surface area contributed by atoms with Crippen molar-refractivity contribution in [2.75, 3.05) is 17.9 Å². The Kier molecular flexibility index (Phi) is 9.23. The van der Waals surface area contributed by atoms with E-state index in [9.17, 15) is 18.0 Å². The zero-order chi connectivity index (χ0) is 27.3. The lowest BCUT2D eigenvalue weighted by atomic mass is 10.1. The highest BCUT2D eigenvalue weighted by atomic mass is 35.5. The topological polar surface area (TPSA) is 86.8 Å². The fraction of sp³-hybridized carbons (Fsp3) is 0.259. The van der Waals surface area contributed by atoms with Crippen molar-refractivity contribution in [3.05, 3.63) is 93.5 Å². The third kappa shape index (κ3) is 7.03. The van der Waals surface area contributed by atoms with Crippen LogP contribution in [0.4, 0.5) is 5.69 Å². The average molecular weight is 563 g/mol. The maximum absolute atomic E-state index is 13.8. The summed E-state index contributed by atoms with van der Waals surface area (Å²) >= 11 is 12.4. The van der Waals surface area contributed by atoms with Gasteiger partial charge >= 0.3 is 0 Å². The number of hydrogen-bond acceptors (Lipinski definition) is 4. The van der Waals surface area contributed by atoms with Gasteiger partial charge in [0.05, 0.1) is 10.6 Å². The molecule has 3 aromatic rings. The molecule has 7 nitrogen and oxygen atoms in total. The minimum absolute atomic E-state index is 0.00609. The van der Waals surface area contributed by atoms with E-state index in [4.69, 9.17) is 23.2 Å². The van der Waals surface area contributed by atoms with Crippen molar-refractivity contribution in [1.29, 1.82) is 0 Å². The molecule has 0 radical (unpaired) electrons. The molecule has 37 heavy (non-hydrogen) atoms. The highest BCUT2D eigenvalue weighted by Crippen LogP contribution is 2.30. The smallest absolute Gasteiger partial charge is 0.264 e. The summed E-state index contributed by atoms with van der Waals surface area (Å²) in [6, 6.07) is 17.3. The van der Waals surface area contributed by atoms with Gasteiger partial charge < -0.3 is 10.2 Å². The molecular formula is C27H29Cl2N3O4S. The normalized spacial score (nSPS) is 12.1. The fourth-order valence-electron chi connectivity index (χ4n) is 3.85. The van der Waals surface area contributed by atoms with Crippen molar-refractivity contribution in [2.45, 2.75) is 38.3 Å². The number of amides is 2. The maximum Gasteiger partial charge on any atom is 0.264 e. The molecule has 0 bridgehead atoms. The Morgan fingerprint density at radius 2 is 1.54 bits per heavy atom. The maximum atomic E-state index is 13.8. The molecule has 10 heteroatoms. The van der Waals surface area contributed by atoms with Crippen LogP contribution in [0.15, 0.2) is 71.6 Å². The summed E-state index contributed by atoms with van der Waals surface area (Å²) in [6.45, 7) is 4.92. The first kappa shape index (κ1) is 28.5. The Morgan fingerprint density at radius 1 is 0.919 bits per heavy atom. The van der Waals surface area contributed by atoms with E-state index < -0.39 is 28.5 Å². The molecule has 0 aromatic heterocycles. The molecule has 0 saturated carbocycles. The number of carbonyl (C=O) groups is 2. The number of benzene rings is 3. The van der Waals surface area contributed by atoms with Gasteiger partial charge in [-0.2, -0.15) is 0 Å². The predicted molar refractivity (Wildman–Crippen MR) is 147 cm³/mol. The number of carbonyl (C=O) groups excluding carboxylic acids is 2. The molecule has 0 unspecified atom stereocenters. The zero-order valence-corrected chi connectivity index (χ0v) is 23.4. The molecule has 0 fully saturated rings. The van der Waals surface area contributed by atoms with Gasteiger partial charge in [-0.1, -0.05) is 70.7 Å². The molecule has 3 rings (SSSR count). The largest absolute Gasteiger partial charge is 0.357 e. The van der Waals surface area contributed by atoms with E-state index in [1.165, 1.54) is 42.3 Å². The van der Waals surface area contributed by atoms with Gasteiger partial charge in [0.15, 0.2) is 0 Å². The van der Waals surface area contributed by atoms with Crippen LogP contribution in [0.1, 0.15) is 23.6 Å². The summed E-state index contributed by atoms with van der Waals surface area (Å²) in [6.07, 6.45) is 0. The second-order valence-corrected chi connectivity index (χ2v) is 11.5. The number of hydrogen-bond donors (Lipinski definition) is 1. The minimum atomic E-state index is -4.20. The molecule has 196 valence electrons. The number of nitrogens with one attached hydrogen (secondary N) is 1. The van der Waals surface area contributed by atoms with Crippen molar-refractivity contribution in [3.63, 3.8) is 0 Å². The number of sulfonamides is 1. The van der Waals surface area contributed by atoms with E-state index in [1.807, 2.05) is 38.1 Å². The van der Waals surface area contributed by atoms with Gasteiger partial charge in [-0.15, -0.1) is 0 Å². The van der Waals surface area contributed by atoms with E-state index in [0.717, 1.165) is 21.0 Å². The molecule has 0 aliphatic rings. The average Bonchev–Trinajstić information content (AvgIpc) is 2.84. The Hall–Kier alpha value is -3.07. The second kappa shape index (κ2) is 12.0. The molecule has 3 aromatic carbocycles. The van der Waals surface area contributed by atoms with Crippen LogP contribution in [0, 0.1) is 13.8 Å². The van der Waals surface area contributed by atoms with Crippen molar-refractivity contribution in [3.8, 4) is 0 Å². The van der Waals surface area contributed by atoms with Crippen molar-refractivity contribution < 1.29 is 18.0 Å². The van der Waals surface area contributed by atoms with Gasteiger partial charge in [0.2, 0.25) is 11.8 Å². The van der Waals surface area contributed by atoms with Gasteiger partial charge in [0.1, 0.15) is 12.6 Å². The molecule has 0 spiro atoms. The lowest BCUT2D eigenvalue weighted by Crippen LogP contribution is -2.50. The summed E-state index contributed by atoms with van der Waals surface area (Å²) in [4.78, 5) is 27.7. The van der Waals surface area contributed by atoms with Crippen LogP contribution in [0.2, 0.25) is 10.0 Å². The molecule has 0 saturated heterocycles. The molecule has 2 amide bonds. The first-order valence-corrected chi connectivity index (χ1v) is 13.7.